The van der Waals surface area contributed by atoms with Gasteiger partial charge in [0, 0.05) is 10.4 Å². The molecule has 1 rings (SSSR count). The summed E-state index contributed by atoms with van der Waals surface area (Å²) in [5, 5.41) is 12.4. The van der Waals surface area contributed by atoms with Crippen molar-refractivity contribution in [1.29, 1.82) is 0 Å². The molecule has 0 bridgehead atoms. The Labute approximate surface area is 113 Å². The summed E-state index contributed by atoms with van der Waals surface area (Å²) in [5.74, 6) is 0.681. The first-order valence-corrected chi connectivity index (χ1v) is 6.91. The van der Waals surface area contributed by atoms with E-state index >= 15 is 0 Å². The number of phenols is 1. The maximum Gasteiger partial charge on any atom is 0.234 e. The third kappa shape index (κ3) is 4.61. The molecule has 2 N–H and O–H groups in total. The molecule has 4 heteroatoms. The van der Waals surface area contributed by atoms with Gasteiger partial charge < -0.3 is 10.4 Å². The fourth-order valence-corrected chi connectivity index (χ4v) is 2.04. The van der Waals surface area contributed by atoms with E-state index in [0.717, 1.165) is 16.8 Å². The lowest BCUT2D eigenvalue weighted by atomic mass is 10.1. The zero-order valence-corrected chi connectivity index (χ0v) is 12.4. The highest BCUT2D eigenvalue weighted by Crippen LogP contribution is 2.26. The van der Waals surface area contributed by atoms with E-state index in [1.807, 2.05) is 13.8 Å². The molecular weight excluding hydrogens is 246 g/mol. The van der Waals surface area contributed by atoms with Crippen LogP contribution in [0.2, 0.25) is 0 Å². The van der Waals surface area contributed by atoms with Gasteiger partial charge in [0.25, 0.3) is 0 Å². The number of anilines is 1. The van der Waals surface area contributed by atoms with Crippen LogP contribution in [-0.2, 0) is 4.79 Å². The number of aryl methyl sites for hydroxylation is 2. The summed E-state index contributed by atoms with van der Waals surface area (Å²) in [4.78, 5) is 11.8. The molecule has 3 nitrogen and oxygen atoms in total. The standard InChI is InChI=1S/C14H21NO2S/c1-9-7-12(16)10(2)6-11(9)15-13(17)8-18-14(3,4)5/h6-7,16H,8H2,1-5H3,(H,15,17). The third-order valence-electron chi connectivity index (χ3n) is 2.45. The molecule has 0 aliphatic heterocycles. The Morgan fingerprint density at radius 2 is 1.89 bits per heavy atom. The van der Waals surface area contributed by atoms with Gasteiger partial charge in [0.15, 0.2) is 0 Å². The van der Waals surface area contributed by atoms with Gasteiger partial charge in [0.1, 0.15) is 5.75 Å². The van der Waals surface area contributed by atoms with Crippen molar-refractivity contribution in [1.82, 2.24) is 0 Å². The van der Waals surface area contributed by atoms with Crippen molar-refractivity contribution in [2.45, 2.75) is 39.4 Å². The van der Waals surface area contributed by atoms with Gasteiger partial charge >= 0.3 is 0 Å². The molecule has 0 atom stereocenters. The monoisotopic (exact) mass is 267 g/mol. The van der Waals surface area contributed by atoms with Crippen molar-refractivity contribution in [3.8, 4) is 5.75 Å². The first kappa shape index (κ1) is 14.9. The molecule has 1 amide bonds. The Balaban J connectivity index is 2.68. The molecule has 1 aromatic rings. The van der Waals surface area contributed by atoms with Crippen LogP contribution in [0.5, 0.6) is 5.75 Å². The van der Waals surface area contributed by atoms with Crippen LogP contribution >= 0.6 is 11.8 Å². The predicted octanol–water partition coefficient (Wildman–Crippen LogP) is 3.48. The number of carbonyl (C=O) groups is 1. The molecule has 0 spiro atoms. The fraction of sp³-hybridized carbons (Fsp3) is 0.500. The number of hydrogen-bond acceptors (Lipinski definition) is 3. The number of thioether (sulfide) groups is 1. The number of benzene rings is 1. The van der Waals surface area contributed by atoms with E-state index < -0.39 is 0 Å². The Bertz CT molecular complexity index is 450. The van der Waals surface area contributed by atoms with Crippen molar-refractivity contribution in [3.63, 3.8) is 0 Å². The summed E-state index contributed by atoms with van der Waals surface area (Å²) in [6.45, 7) is 9.93. The average molecular weight is 267 g/mol. The van der Waals surface area contributed by atoms with Crippen molar-refractivity contribution in [2.75, 3.05) is 11.1 Å². The Morgan fingerprint density at radius 3 is 2.44 bits per heavy atom. The molecule has 0 aliphatic carbocycles. The Hall–Kier alpha value is -1.16. The van der Waals surface area contributed by atoms with Crippen LogP contribution in [0.4, 0.5) is 5.69 Å². The molecule has 100 valence electrons. The van der Waals surface area contributed by atoms with Gasteiger partial charge in [-0.1, -0.05) is 20.8 Å². The summed E-state index contributed by atoms with van der Waals surface area (Å²) in [5.41, 5.74) is 2.40. The van der Waals surface area contributed by atoms with Gasteiger partial charge in [-0.05, 0) is 37.1 Å². The van der Waals surface area contributed by atoms with E-state index in [-0.39, 0.29) is 16.4 Å². The number of aromatic hydroxyl groups is 1. The maximum atomic E-state index is 11.8. The molecular formula is C14H21NO2S. The van der Waals surface area contributed by atoms with E-state index in [0.29, 0.717) is 5.75 Å². The van der Waals surface area contributed by atoms with Gasteiger partial charge in [0.2, 0.25) is 5.91 Å². The lowest BCUT2D eigenvalue weighted by molar-refractivity contribution is -0.113. The number of nitrogens with one attached hydrogen (secondary N) is 1. The quantitative estimate of drug-likeness (QED) is 0.824. The Morgan fingerprint density at radius 1 is 1.28 bits per heavy atom. The van der Waals surface area contributed by atoms with Crippen molar-refractivity contribution in [3.05, 3.63) is 23.3 Å². The van der Waals surface area contributed by atoms with Crippen LogP contribution in [0, 0.1) is 13.8 Å². The van der Waals surface area contributed by atoms with E-state index in [4.69, 9.17) is 0 Å². The number of amides is 1. The first-order chi connectivity index (χ1) is 8.19. The molecule has 0 radical (unpaired) electrons. The van der Waals surface area contributed by atoms with Crippen LogP contribution in [0.1, 0.15) is 31.9 Å². The molecule has 0 aromatic heterocycles. The predicted molar refractivity (Wildman–Crippen MR) is 78.4 cm³/mol. The molecule has 0 fully saturated rings. The van der Waals surface area contributed by atoms with Gasteiger partial charge in [-0.15, -0.1) is 11.8 Å². The highest BCUT2D eigenvalue weighted by Gasteiger charge is 2.14. The molecule has 0 saturated carbocycles. The molecule has 0 heterocycles. The minimum atomic E-state index is -0.0110. The summed E-state index contributed by atoms with van der Waals surface area (Å²) in [7, 11) is 0. The lowest BCUT2D eigenvalue weighted by Crippen LogP contribution is -2.19. The molecule has 18 heavy (non-hydrogen) atoms. The molecule has 1 aromatic carbocycles. The van der Waals surface area contributed by atoms with Crippen LogP contribution < -0.4 is 5.32 Å². The van der Waals surface area contributed by atoms with Gasteiger partial charge in [-0.25, -0.2) is 0 Å². The number of rotatable bonds is 3. The number of phenolic OH excluding ortho intramolecular Hbond substituents is 1. The van der Waals surface area contributed by atoms with Crippen LogP contribution in [0.25, 0.3) is 0 Å². The van der Waals surface area contributed by atoms with Gasteiger partial charge in [-0.2, -0.15) is 0 Å². The fourth-order valence-electron chi connectivity index (χ4n) is 1.40. The summed E-state index contributed by atoms with van der Waals surface area (Å²) in [6.07, 6.45) is 0. The smallest absolute Gasteiger partial charge is 0.234 e. The minimum Gasteiger partial charge on any atom is -0.508 e. The molecule has 0 aliphatic rings. The van der Waals surface area contributed by atoms with E-state index in [2.05, 4.69) is 26.1 Å². The van der Waals surface area contributed by atoms with Crippen molar-refractivity contribution in [2.24, 2.45) is 0 Å². The summed E-state index contributed by atoms with van der Waals surface area (Å²) in [6, 6.07) is 3.46. The van der Waals surface area contributed by atoms with E-state index in [1.54, 1.807) is 23.9 Å². The Kier molecular flexibility index (Phi) is 4.68. The third-order valence-corrected chi connectivity index (χ3v) is 3.73. The van der Waals surface area contributed by atoms with Gasteiger partial charge in [0.05, 0.1) is 5.75 Å². The zero-order chi connectivity index (χ0) is 13.9. The highest BCUT2D eigenvalue weighted by molar-refractivity contribution is 8.01. The number of hydrogen-bond donors (Lipinski definition) is 2. The summed E-state index contributed by atoms with van der Waals surface area (Å²) < 4.78 is 0.0806. The average Bonchev–Trinajstić information content (AvgIpc) is 2.22. The van der Waals surface area contributed by atoms with Crippen LogP contribution in [-0.4, -0.2) is 21.5 Å². The summed E-state index contributed by atoms with van der Waals surface area (Å²) >= 11 is 1.61. The largest absolute Gasteiger partial charge is 0.508 e. The zero-order valence-electron chi connectivity index (χ0n) is 11.6. The normalized spacial score (nSPS) is 11.4. The van der Waals surface area contributed by atoms with Crippen LogP contribution in [0.15, 0.2) is 12.1 Å². The minimum absolute atomic E-state index is 0.0110. The second-order valence-electron chi connectivity index (χ2n) is 5.40. The SMILES string of the molecule is Cc1cc(NC(=O)CSC(C)(C)C)c(C)cc1O. The van der Waals surface area contributed by atoms with Crippen molar-refractivity contribution >= 4 is 23.4 Å². The number of carbonyl (C=O) groups excluding carboxylic acids is 1. The highest BCUT2D eigenvalue weighted by atomic mass is 32.2. The molecule has 0 saturated heterocycles. The van der Waals surface area contributed by atoms with E-state index in [9.17, 15) is 9.90 Å². The second-order valence-corrected chi connectivity index (χ2v) is 7.20. The molecule has 0 unspecified atom stereocenters. The second kappa shape index (κ2) is 5.65. The van der Waals surface area contributed by atoms with Crippen LogP contribution in [0.3, 0.4) is 0 Å². The lowest BCUT2D eigenvalue weighted by Gasteiger charge is -2.17. The first-order valence-electron chi connectivity index (χ1n) is 5.93. The van der Waals surface area contributed by atoms with E-state index in [1.165, 1.54) is 0 Å². The maximum absolute atomic E-state index is 11.8. The van der Waals surface area contributed by atoms with Crippen molar-refractivity contribution < 1.29 is 9.90 Å². The van der Waals surface area contributed by atoms with Gasteiger partial charge in [-0.3, -0.25) is 4.79 Å². The topological polar surface area (TPSA) is 49.3 Å².